The summed E-state index contributed by atoms with van der Waals surface area (Å²) in [6, 6.07) is 1.46. The van der Waals surface area contributed by atoms with E-state index < -0.39 is 24.2 Å². The van der Waals surface area contributed by atoms with Crippen LogP contribution < -0.4 is 0 Å². The Balaban J connectivity index is 2.16. The minimum absolute atomic E-state index is 0.0592. The Labute approximate surface area is 107 Å². The van der Waals surface area contributed by atoms with Gasteiger partial charge in [-0.15, -0.1) is 0 Å². The second kappa shape index (κ2) is 4.52. The van der Waals surface area contributed by atoms with Crippen molar-refractivity contribution >= 4 is 5.91 Å². The molecule has 106 valence electrons. The summed E-state index contributed by atoms with van der Waals surface area (Å²) >= 11 is 0. The molecule has 1 saturated heterocycles. The summed E-state index contributed by atoms with van der Waals surface area (Å²) in [6.45, 7) is 1.12. The molecule has 1 atom stereocenters. The van der Waals surface area contributed by atoms with Crippen LogP contribution in [0.5, 0.6) is 0 Å². The van der Waals surface area contributed by atoms with Crippen molar-refractivity contribution in [1.29, 1.82) is 0 Å². The van der Waals surface area contributed by atoms with Gasteiger partial charge in [-0.3, -0.25) is 9.89 Å². The molecule has 5 nitrogen and oxygen atoms in total. The molecule has 1 aliphatic rings. The standard InChI is InChI=1S/C11H14F3N3O2/c1-7-5-8(16-15-7)9(18)17-4-2-3-10(19,6-17)11(12,13)14/h5,19H,2-4,6H2,1H3,(H,15,16)/t10-/m1/s1. The third-order valence-electron chi connectivity index (χ3n) is 3.21. The van der Waals surface area contributed by atoms with E-state index in [0.29, 0.717) is 5.69 Å². The second-order valence-corrected chi connectivity index (χ2v) is 4.80. The number of H-pyrrole nitrogens is 1. The number of nitrogens with one attached hydrogen (secondary N) is 1. The number of carbonyl (C=O) groups excluding carboxylic acids is 1. The molecule has 0 spiro atoms. The maximum atomic E-state index is 12.8. The largest absolute Gasteiger partial charge is 0.418 e. The highest BCUT2D eigenvalue weighted by Gasteiger charge is 2.56. The van der Waals surface area contributed by atoms with E-state index in [1.807, 2.05) is 0 Å². The molecule has 0 aliphatic carbocycles. The topological polar surface area (TPSA) is 69.2 Å². The number of nitrogens with zero attached hydrogens (tertiary/aromatic N) is 2. The summed E-state index contributed by atoms with van der Waals surface area (Å²) in [4.78, 5) is 13.0. The Morgan fingerprint density at radius 1 is 1.58 bits per heavy atom. The molecule has 19 heavy (non-hydrogen) atoms. The number of halogens is 3. The van der Waals surface area contributed by atoms with Gasteiger partial charge in [0, 0.05) is 12.2 Å². The van der Waals surface area contributed by atoms with Crippen LogP contribution in [0.2, 0.25) is 0 Å². The zero-order valence-electron chi connectivity index (χ0n) is 10.3. The molecule has 0 saturated carbocycles. The fraction of sp³-hybridized carbons (Fsp3) is 0.636. The Bertz CT molecular complexity index is 486. The normalized spacial score (nSPS) is 24.6. The zero-order chi connectivity index (χ0) is 14.3. The third kappa shape index (κ3) is 2.58. The van der Waals surface area contributed by atoms with E-state index in [2.05, 4.69) is 10.2 Å². The molecule has 1 amide bonds. The van der Waals surface area contributed by atoms with Gasteiger partial charge in [-0.05, 0) is 25.8 Å². The monoisotopic (exact) mass is 277 g/mol. The highest BCUT2D eigenvalue weighted by atomic mass is 19.4. The Morgan fingerprint density at radius 2 is 2.26 bits per heavy atom. The van der Waals surface area contributed by atoms with Gasteiger partial charge >= 0.3 is 6.18 Å². The lowest BCUT2D eigenvalue weighted by molar-refractivity contribution is -0.271. The number of aromatic nitrogens is 2. The third-order valence-corrected chi connectivity index (χ3v) is 3.21. The fourth-order valence-electron chi connectivity index (χ4n) is 2.13. The number of aromatic amines is 1. The highest BCUT2D eigenvalue weighted by molar-refractivity contribution is 5.92. The molecule has 1 aromatic rings. The smallest absolute Gasteiger partial charge is 0.379 e. The number of aliphatic hydroxyl groups is 1. The average Bonchev–Trinajstić information content (AvgIpc) is 2.73. The zero-order valence-corrected chi connectivity index (χ0v) is 10.3. The number of rotatable bonds is 1. The SMILES string of the molecule is Cc1cc(C(=O)N2CCC[C@](O)(C(F)(F)F)C2)n[nH]1. The van der Waals surface area contributed by atoms with Gasteiger partial charge in [-0.25, -0.2) is 0 Å². The summed E-state index contributed by atoms with van der Waals surface area (Å²) in [5, 5.41) is 15.9. The van der Waals surface area contributed by atoms with Crippen LogP contribution in [-0.2, 0) is 0 Å². The van der Waals surface area contributed by atoms with Crippen LogP contribution in [0.1, 0.15) is 29.0 Å². The maximum Gasteiger partial charge on any atom is 0.418 e. The molecule has 0 unspecified atom stereocenters. The number of hydrogen-bond donors (Lipinski definition) is 2. The number of amides is 1. The first-order valence-electron chi connectivity index (χ1n) is 5.83. The van der Waals surface area contributed by atoms with Gasteiger partial charge in [-0.1, -0.05) is 0 Å². The molecular formula is C11H14F3N3O2. The lowest BCUT2D eigenvalue weighted by Crippen LogP contribution is -2.58. The van der Waals surface area contributed by atoms with Crippen LogP contribution in [0.4, 0.5) is 13.2 Å². The molecule has 0 radical (unpaired) electrons. The summed E-state index contributed by atoms with van der Waals surface area (Å²) in [6.07, 6.45) is -5.03. The van der Waals surface area contributed by atoms with E-state index in [9.17, 15) is 23.1 Å². The van der Waals surface area contributed by atoms with Crippen molar-refractivity contribution in [3.8, 4) is 0 Å². The first kappa shape index (κ1) is 13.9. The number of likely N-dealkylation sites (tertiary alicyclic amines) is 1. The van der Waals surface area contributed by atoms with Crippen molar-refractivity contribution in [3.05, 3.63) is 17.5 Å². The van der Waals surface area contributed by atoms with Gasteiger partial charge in [0.05, 0.1) is 6.54 Å². The van der Waals surface area contributed by atoms with Crippen LogP contribution in [0.25, 0.3) is 0 Å². The number of β-amino-alcohol motifs (C(OH)–C–C–N with tert-alkyl or cyclic N) is 1. The summed E-state index contributed by atoms with van der Waals surface area (Å²) in [5.41, 5.74) is -2.12. The van der Waals surface area contributed by atoms with E-state index in [0.717, 1.165) is 4.90 Å². The lowest BCUT2D eigenvalue weighted by Gasteiger charge is -2.39. The number of piperidine rings is 1. The summed E-state index contributed by atoms with van der Waals surface area (Å²) < 4.78 is 38.3. The van der Waals surface area contributed by atoms with Crippen molar-refractivity contribution in [2.45, 2.75) is 31.5 Å². The lowest BCUT2D eigenvalue weighted by atomic mass is 9.92. The molecule has 1 aliphatic heterocycles. The van der Waals surface area contributed by atoms with E-state index in [1.165, 1.54) is 6.07 Å². The van der Waals surface area contributed by atoms with Crippen molar-refractivity contribution < 1.29 is 23.1 Å². The molecule has 0 aromatic carbocycles. The van der Waals surface area contributed by atoms with Crippen molar-refractivity contribution in [1.82, 2.24) is 15.1 Å². The quantitative estimate of drug-likeness (QED) is 0.811. The molecule has 2 rings (SSSR count). The predicted molar refractivity (Wildman–Crippen MR) is 59.5 cm³/mol. The Kier molecular flexibility index (Phi) is 3.29. The van der Waals surface area contributed by atoms with Gasteiger partial charge in [-0.2, -0.15) is 18.3 Å². The van der Waals surface area contributed by atoms with E-state index >= 15 is 0 Å². The number of hydrogen-bond acceptors (Lipinski definition) is 3. The molecule has 0 bridgehead atoms. The summed E-state index contributed by atoms with van der Waals surface area (Å²) in [7, 11) is 0. The van der Waals surface area contributed by atoms with Crippen molar-refractivity contribution in [2.24, 2.45) is 0 Å². The number of aryl methyl sites for hydroxylation is 1. The van der Waals surface area contributed by atoms with Gasteiger partial charge < -0.3 is 10.0 Å². The van der Waals surface area contributed by atoms with E-state index in [1.54, 1.807) is 6.92 Å². The first-order valence-corrected chi connectivity index (χ1v) is 5.83. The van der Waals surface area contributed by atoms with Gasteiger partial charge in [0.1, 0.15) is 5.69 Å². The van der Waals surface area contributed by atoms with Crippen molar-refractivity contribution in [2.75, 3.05) is 13.1 Å². The molecule has 1 fully saturated rings. The molecule has 2 heterocycles. The predicted octanol–water partition coefficient (Wildman–Crippen LogP) is 1.25. The second-order valence-electron chi connectivity index (χ2n) is 4.80. The van der Waals surface area contributed by atoms with E-state index in [-0.39, 0.29) is 25.1 Å². The molecule has 1 aromatic heterocycles. The van der Waals surface area contributed by atoms with Gasteiger partial charge in [0.2, 0.25) is 0 Å². The van der Waals surface area contributed by atoms with Crippen LogP contribution >= 0.6 is 0 Å². The first-order chi connectivity index (χ1) is 8.73. The van der Waals surface area contributed by atoms with Crippen LogP contribution in [-0.4, -0.2) is 51.0 Å². The molecule has 8 heteroatoms. The fourth-order valence-corrected chi connectivity index (χ4v) is 2.13. The van der Waals surface area contributed by atoms with Gasteiger partial charge in [0.25, 0.3) is 5.91 Å². The van der Waals surface area contributed by atoms with Crippen LogP contribution in [0, 0.1) is 6.92 Å². The van der Waals surface area contributed by atoms with Crippen molar-refractivity contribution in [3.63, 3.8) is 0 Å². The molecule has 2 N–H and O–H groups in total. The average molecular weight is 277 g/mol. The van der Waals surface area contributed by atoms with Crippen LogP contribution in [0.3, 0.4) is 0 Å². The minimum Gasteiger partial charge on any atom is -0.379 e. The Morgan fingerprint density at radius 3 is 2.79 bits per heavy atom. The number of alkyl halides is 3. The minimum atomic E-state index is -4.74. The molecular weight excluding hydrogens is 263 g/mol. The highest BCUT2D eigenvalue weighted by Crippen LogP contribution is 2.37. The number of carbonyl (C=O) groups is 1. The van der Waals surface area contributed by atoms with E-state index in [4.69, 9.17) is 0 Å². The Hall–Kier alpha value is -1.57. The maximum absolute atomic E-state index is 12.8. The summed E-state index contributed by atoms with van der Waals surface area (Å²) in [5.74, 6) is -0.605. The van der Waals surface area contributed by atoms with Crippen LogP contribution in [0.15, 0.2) is 6.07 Å². The van der Waals surface area contributed by atoms with Gasteiger partial charge in [0.15, 0.2) is 5.60 Å².